The van der Waals surface area contributed by atoms with Crippen LogP contribution in [-0.4, -0.2) is 70.0 Å². The number of hydrogen-bond acceptors (Lipinski definition) is 8. The van der Waals surface area contributed by atoms with Gasteiger partial charge in [-0.25, -0.2) is 0 Å². The average molecular weight is 860 g/mol. The van der Waals surface area contributed by atoms with Crippen molar-refractivity contribution in [2.75, 3.05) is 47.5 Å². The van der Waals surface area contributed by atoms with E-state index in [0.29, 0.717) is 23.9 Å². The molecule has 2 atom stereocenters. The summed E-state index contributed by atoms with van der Waals surface area (Å²) in [5.74, 6) is -0.903. The lowest BCUT2D eigenvalue weighted by Gasteiger charge is -2.28. The Labute approximate surface area is 367 Å². The molecule has 0 radical (unpaired) electrons. The highest BCUT2D eigenvalue weighted by atomic mass is 31.2. The summed E-state index contributed by atoms with van der Waals surface area (Å²) in [4.78, 5) is 37.6. The first kappa shape index (κ1) is 57.2. The van der Waals surface area contributed by atoms with Gasteiger partial charge in [-0.1, -0.05) is 144 Å². The molecule has 0 bridgehead atoms. The second-order valence-electron chi connectivity index (χ2n) is 16.4. The summed E-state index contributed by atoms with van der Waals surface area (Å²) in [6.07, 6.45) is 53.2. The molecule has 0 N–H and O–H groups in total. The Bertz CT molecular complexity index is 1290. The molecule has 0 fully saturated rings. The molecule has 0 saturated carbocycles. The van der Waals surface area contributed by atoms with Crippen LogP contribution >= 0.6 is 7.82 Å². The zero-order valence-electron chi connectivity index (χ0n) is 38.6. The van der Waals surface area contributed by atoms with Crippen LogP contribution in [0.15, 0.2) is 85.1 Å². The molecule has 0 aliphatic heterocycles. The monoisotopic (exact) mass is 860 g/mol. The molecule has 60 heavy (non-hydrogen) atoms. The van der Waals surface area contributed by atoms with E-state index < -0.39 is 32.5 Å². The summed E-state index contributed by atoms with van der Waals surface area (Å²) in [6.45, 7) is 4.09. The van der Waals surface area contributed by atoms with E-state index in [2.05, 4.69) is 98.9 Å². The van der Waals surface area contributed by atoms with Gasteiger partial charge < -0.3 is 27.9 Å². The number of hydrogen-bond donors (Lipinski definition) is 0. The van der Waals surface area contributed by atoms with Crippen LogP contribution in [0, 0.1) is 0 Å². The molecule has 344 valence electrons. The minimum atomic E-state index is -4.65. The van der Waals surface area contributed by atoms with Gasteiger partial charge in [0.2, 0.25) is 0 Å². The van der Waals surface area contributed by atoms with Crippen molar-refractivity contribution < 1.29 is 42.1 Å². The van der Waals surface area contributed by atoms with Crippen molar-refractivity contribution in [1.29, 1.82) is 0 Å². The van der Waals surface area contributed by atoms with Crippen LogP contribution in [0.1, 0.15) is 168 Å². The largest absolute Gasteiger partial charge is 0.756 e. The second kappa shape index (κ2) is 41.5. The van der Waals surface area contributed by atoms with Crippen molar-refractivity contribution >= 4 is 19.8 Å². The van der Waals surface area contributed by atoms with E-state index in [1.807, 2.05) is 21.1 Å². The molecule has 0 heterocycles. The van der Waals surface area contributed by atoms with Crippen molar-refractivity contribution in [2.45, 2.75) is 174 Å². The van der Waals surface area contributed by atoms with Crippen molar-refractivity contribution in [2.24, 2.45) is 0 Å². The Morgan fingerprint density at radius 2 is 0.900 bits per heavy atom. The molecule has 0 aliphatic carbocycles. The quantitative estimate of drug-likeness (QED) is 0.0196. The van der Waals surface area contributed by atoms with E-state index in [0.717, 1.165) is 77.0 Å². The fourth-order valence-corrected chi connectivity index (χ4v) is 6.43. The van der Waals surface area contributed by atoms with Crippen LogP contribution in [0.25, 0.3) is 0 Å². The Kier molecular flexibility index (Phi) is 39.6. The van der Waals surface area contributed by atoms with Gasteiger partial charge in [0.1, 0.15) is 19.8 Å². The number of allylic oxidation sites excluding steroid dienone is 14. The van der Waals surface area contributed by atoms with Crippen LogP contribution in [0.4, 0.5) is 0 Å². The van der Waals surface area contributed by atoms with Crippen LogP contribution in [-0.2, 0) is 32.7 Å². The summed E-state index contributed by atoms with van der Waals surface area (Å²) in [5, 5.41) is 0. The summed E-state index contributed by atoms with van der Waals surface area (Å²) in [6, 6.07) is 0. The number of likely N-dealkylation sites (N-methyl/N-ethyl adjacent to an activating group) is 1. The van der Waals surface area contributed by atoms with Crippen molar-refractivity contribution in [3.63, 3.8) is 0 Å². The Morgan fingerprint density at radius 3 is 1.33 bits per heavy atom. The third kappa shape index (κ3) is 44.7. The number of nitrogens with zero attached hydrogens (tertiary/aromatic N) is 1. The van der Waals surface area contributed by atoms with E-state index in [9.17, 15) is 19.0 Å². The Morgan fingerprint density at radius 1 is 0.517 bits per heavy atom. The van der Waals surface area contributed by atoms with E-state index in [4.69, 9.17) is 18.5 Å². The van der Waals surface area contributed by atoms with Crippen molar-refractivity contribution in [1.82, 2.24) is 0 Å². The highest BCUT2D eigenvalue weighted by Gasteiger charge is 2.21. The summed E-state index contributed by atoms with van der Waals surface area (Å²) in [5.41, 5.74) is 0. The Hall–Kier alpha value is -2.81. The minimum absolute atomic E-state index is 0.0455. The summed E-state index contributed by atoms with van der Waals surface area (Å²) in [7, 11) is 1.12. The summed E-state index contributed by atoms with van der Waals surface area (Å²) >= 11 is 0. The SMILES string of the molecule is CCCCC/C=C\C/C=C\C/C=C\C/C=C\CCCCCC(=O)OC[C@H](COP(=O)([O-])OCC[N+](C)(C)C)OC(=O)CCCCCC/C=C\C/C=C\C/C=C\CCCCC. The number of unbranched alkanes of at least 4 members (excludes halogenated alkanes) is 13. The molecule has 0 amide bonds. The number of ether oxygens (including phenoxy) is 2. The molecular formula is C50H86NO8P. The second-order valence-corrected chi connectivity index (χ2v) is 17.8. The van der Waals surface area contributed by atoms with E-state index in [1.165, 1.54) is 51.4 Å². The third-order valence-corrected chi connectivity index (χ3v) is 10.4. The van der Waals surface area contributed by atoms with Gasteiger partial charge in [0.15, 0.2) is 6.10 Å². The smallest absolute Gasteiger partial charge is 0.306 e. The van der Waals surface area contributed by atoms with Gasteiger partial charge in [-0.15, -0.1) is 0 Å². The van der Waals surface area contributed by atoms with Crippen LogP contribution in [0.2, 0.25) is 0 Å². The van der Waals surface area contributed by atoms with Gasteiger partial charge in [-0.3, -0.25) is 14.2 Å². The highest BCUT2D eigenvalue weighted by Crippen LogP contribution is 2.38. The van der Waals surface area contributed by atoms with Gasteiger partial charge in [0, 0.05) is 12.8 Å². The van der Waals surface area contributed by atoms with Crippen LogP contribution < -0.4 is 4.89 Å². The van der Waals surface area contributed by atoms with E-state index in [-0.39, 0.29) is 26.1 Å². The lowest BCUT2D eigenvalue weighted by molar-refractivity contribution is -0.870. The first-order valence-electron chi connectivity index (χ1n) is 23.3. The van der Waals surface area contributed by atoms with E-state index in [1.54, 1.807) is 0 Å². The molecular weight excluding hydrogens is 774 g/mol. The molecule has 0 aromatic rings. The van der Waals surface area contributed by atoms with Crippen molar-refractivity contribution in [3.05, 3.63) is 85.1 Å². The zero-order valence-corrected chi connectivity index (χ0v) is 39.5. The van der Waals surface area contributed by atoms with Crippen LogP contribution in [0.3, 0.4) is 0 Å². The maximum atomic E-state index is 12.7. The zero-order chi connectivity index (χ0) is 44.3. The van der Waals surface area contributed by atoms with Gasteiger partial charge in [-0.2, -0.15) is 0 Å². The maximum Gasteiger partial charge on any atom is 0.306 e. The van der Waals surface area contributed by atoms with Crippen LogP contribution in [0.5, 0.6) is 0 Å². The van der Waals surface area contributed by atoms with Gasteiger partial charge >= 0.3 is 11.9 Å². The highest BCUT2D eigenvalue weighted by molar-refractivity contribution is 7.45. The van der Waals surface area contributed by atoms with E-state index >= 15 is 0 Å². The molecule has 0 aromatic carbocycles. The number of phosphoric acid groups is 1. The molecule has 1 unspecified atom stereocenters. The standard InChI is InChI=1S/C50H86NO8P/c1-6-8-10-12-14-16-18-20-22-24-25-27-28-30-32-34-36-38-40-42-49(52)56-46-48(47-58-60(54,55)57-45-44-51(3,4)5)59-50(53)43-41-39-37-35-33-31-29-26-23-21-19-17-15-13-11-9-7-2/h14-17,20-23,25,27,29-32,48H,6-13,18-19,24,26,28,33-47H2,1-5H3/b16-14-,17-15-,22-20-,23-21-,27-25-,31-29-,32-30-/t48-/m1/s1. The molecule has 0 rings (SSSR count). The maximum absolute atomic E-state index is 12.7. The number of quaternary nitrogens is 1. The van der Waals surface area contributed by atoms with Crippen molar-refractivity contribution in [3.8, 4) is 0 Å². The average Bonchev–Trinajstić information content (AvgIpc) is 3.20. The van der Waals surface area contributed by atoms with Gasteiger partial charge in [0.05, 0.1) is 27.7 Å². The number of carbonyl (C=O) groups excluding carboxylic acids is 2. The fourth-order valence-electron chi connectivity index (χ4n) is 5.70. The lowest BCUT2D eigenvalue weighted by atomic mass is 10.1. The minimum Gasteiger partial charge on any atom is -0.756 e. The van der Waals surface area contributed by atoms with Gasteiger partial charge in [-0.05, 0) is 96.3 Å². The van der Waals surface area contributed by atoms with Gasteiger partial charge in [0.25, 0.3) is 7.82 Å². The number of esters is 2. The topological polar surface area (TPSA) is 111 Å². The molecule has 0 aliphatic rings. The predicted octanol–water partition coefficient (Wildman–Crippen LogP) is 12.9. The molecule has 10 heteroatoms. The predicted molar refractivity (Wildman–Crippen MR) is 249 cm³/mol. The summed E-state index contributed by atoms with van der Waals surface area (Å²) < 4.78 is 33.9. The normalized spacial score (nSPS) is 14.3. The number of carbonyl (C=O) groups is 2. The fraction of sp³-hybridized carbons (Fsp3) is 0.680. The molecule has 0 spiro atoms. The molecule has 0 aromatic heterocycles. The first-order valence-corrected chi connectivity index (χ1v) is 24.8. The number of rotatable bonds is 41. The lowest BCUT2D eigenvalue weighted by Crippen LogP contribution is -2.37. The third-order valence-electron chi connectivity index (χ3n) is 9.39. The first-order chi connectivity index (χ1) is 29.0. The molecule has 9 nitrogen and oxygen atoms in total. The Balaban J connectivity index is 4.45. The number of phosphoric ester groups is 1. The molecule has 0 saturated heterocycles.